The fraction of sp³-hybridized carbons (Fsp3) is 0.667. The van der Waals surface area contributed by atoms with E-state index >= 15 is 0 Å². The predicted molar refractivity (Wildman–Crippen MR) is 45.2 cm³/mol. The van der Waals surface area contributed by atoms with Gasteiger partial charge in [-0.05, 0) is 13.3 Å². The van der Waals surface area contributed by atoms with Crippen molar-refractivity contribution in [2.75, 3.05) is 6.61 Å². The van der Waals surface area contributed by atoms with Gasteiger partial charge < -0.3 is 10.5 Å². The molecule has 0 bridgehead atoms. The summed E-state index contributed by atoms with van der Waals surface area (Å²) in [7, 11) is 0. The Balaban J connectivity index is 2.49. The van der Waals surface area contributed by atoms with Crippen LogP contribution in [-0.4, -0.2) is 18.6 Å². The molecule has 0 spiro atoms. The molecule has 0 aromatic carbocycles. The molecule has 1 aliphatic carbocycles. The van der Waals surface area contributed by atoms with E-state index in [0.717, 1.165) is 12.8 Å². The van der Waals surface area contributed by atoms with Crippen LogP contribution in [0.3, 0.4) is 0 Å². The highest BCUT2D eigenvalue weighted by molar-refractivity contribution is 5.73. The van der Waals surface area contributed by atoms with Crippen molar-refractivity contribution in [1.82, 2.24) is 0 Å². The van der Waals surface area contributed by atoms with E-state index < -0.39 is 0 Å². The average Bonchev–Trinajstić information content (AvgIpc) is 2.05. The number of carbonyl (C=O) groups excluding carboxylic acids is 1. The number of ether oxygens (including phenoxy) is 1. The van der Waals surface area contributed by atoms with Crippen LogP contribution in [-0.2, 0) is 9.53 Å². The summed E-state index contributed by atoms with van der Waals surface area (Å²) in [5.74, 6) is -0.114. The van der Waals surface area contributed by atoms with Crippen LogP contribution in [0.1, 0.15) is 19.8 Å². The van der Waals surface area contributed by atoms with Crippen LogP contribution in [0.15, 0.2) is 12.2 Å². The summed E-state index contributed by atoms with van der Waals surface area (Å²) >= 11 is 0. The minimum absolute atomic E-state index is 0.0186. The molecule has 0 amide bonds. The van der Waals surface area contributed by atoms with Crippen molar-refractivity contribution in [3.63, 3.8) is 0 Å². The Labute approximate surface area is 72.6 Å². The molecule has 0 aromatic heterocycles. The number of hydrogen-bond donors (Lipinski definition) is 1. The minimum atomic E-state index is -0.0955. The Morgan fingerprint density at radius 3 is 2.83 bits per heavy atom. The Hall–Kier alpha value is -0.830. The Kier molecular flexibility index (Phi) is 3.29. The fourth-order valence-corrected chi connectivity index (χ4v) is 1.41. The topological polar surface area (TPSA) is 53.9 Å². The van der Waals surface area contributed by atoms with Gasteiger partial charge in [0.15, 0.2) is 0 Å². The first-order valence-corrected chi connectivity index (χ1v) is 4.40. The zero-order valence-corrected chi connectivity index (χ0v) is 7.45. The molecule has 68 valence electrons. The smallest absolute Gasteiger partial charge is 0.315 e. The number of carbonyl (C=O) groups is 1. The molecule has 0 heterocycles. The van der Waals surface area contributed by atoms with Gasteiger partial charge in [0.25, 0.3) is 0 Å². The Morgan fingerprint density at radius 1 is 1.58 bits per heavy atom. The molecule has 2 atom stereocenters. The van der Waals surface area contributed by atoms with Crippen LogP contribution in [0.4, 0.5) is 0 Å². The molecule has 0 saturated heterocycles. The maximum atomic E-state index is 11.3. The van der Waals surface area contributed by atoms with Gasteiger partial charge in [0, 0.05) is 6.42 Å². The summed E-state index contributed by atoms with van der Waals surface area (Å²) in [6.45, 7) is 2.29. The van der Waals surface area contributed by atoms with Gasteiger partial charge in [-0.25, -0.2) is 0 Å². The number of quaternary nitrogens is 1. The zero-order chi connectivity index (χ0) is 8.97. The molecule has 3 N–H and O–H groups in total. The maximum Gasteiger partial charge on any atom is 0.315 e. The first-order chi connectivity index (χ1) is 5.75. The summed E-state index contributed by atoms with van der Waals surface area (Å²) in [6.07, 6.45) is 5.78. The van der Waals surface area contributed by atoms with Gasteiger partial charge in [-0.2, -0.15) is 0 Å². The summed E-state index contributed by atoms with van der Waals surface area (Å²) in [5.41, 5.74) is 3.93. The molecule has 0 aliphatic heterocycles. The quantitative estimate of drug-likeness (QED) is 0.473. The Morgan fingerprint density at radius 2 is 2.25 bits per heavy atom. The minimum Gasteiger partial charge on any atom is -0.466 e. The van der Waals surface area contributed by atoms with Gasteiger partial charge in [0.1, 0.15) is 12.0 Å². The van der Waals surface area contributed by atoms with E-state index in [2.05, 4.69) is 11.8 Å². The molecule has 0 aromatic rings. The molecule has 0 unspecified atom stereocenters. The average molecular weight is 170 g/mol. The van der Waals surface area contributed by atoms with Crippen LogP contribution in [0.2, 0.25) is 0 Å². The van der Waals surface area contributed by atoms with E-state index in [1.165, 1.54) is 0 Å². The molecule has 0 radical (unpaired) electrons. The van der Waals surface area contributed by atoms with Crippen molar-refractivity contribution in [3.8, 4) is 0 Å². The normalized spacial score (nSPS) is 28.5. The summed E-state index contributed by atoms with van der Waals surface area (Å²) in [5, 5.41) is 0. The third-order valence-corrected chi connectivity index (χ3v) is 2.15. The van der Waals surface area contributed by atoms with Gasteiger partial charge in [0.05, 0.1) is 6.61 Å². The van der Waals surface area contributed by atoms with Crippen LogP contribution in [0, 0.1) is 5.92 Å². The van der Waals surface area contributed by atoms with Gasteiger partial charge in [-0.1, -0.05) is 12.2 Å². The van der Waals surface area contributed by atoms with Gasteiger partial charge in [0.2, 0.25) is 0 Å². The van der Waals surface area contributed by atoms with Crippen LogP contribution < -0.4 is 5.73 Å². The lowest BCUT2D eigenvalue weighted by Gasteiger charge is -2.19. The SMILES string of the molecule is CCOC(=O)[C@@H]1CC=CC[C@@H]1[NH3+]. The fourth-order valence-electron chi connectivity index (χ4n) is 1.41. The van der Waals surface area contributed by atoms with Crippen molar-refractivity contribution < 1.29 is 15.3 Å². The van der Waals surface area contributed by atoms with E-state index in [1.54, 1.807) is 0 Å². The molecule has 12 heavy (non-hydrogen) atoms. The van der Waals surface area contributed by atoms with E-state index in [0.29, 0.717) is 6.61 Å². The molecule has 0 saturated carbocycles. The summed E-state index contributed by atoms with van der Waals surface area (Å²) in [4.78, 5) is 11.3. The molecule has 1 aliphatic rings. The third kappa shape index (κ3) is 2.08. The second-order valence-electron chi connectivity index (χ2n) is 3.06. The highest BCUT2D eigenvalue weighted by Gasteiger charge is 2.29. The monoisotopic (exact) mass is 170 g/mol. The second-order valence-corrected chi connectivity index (χ2v) is 3.06. The van der Waals surface area contributed by atoms with Crippen molar-refractivity contribution in [2.45, 2.75) is 25.8 Å². The second kappa shape index (κ2) is 4.26. The molecule has 3 heteroatoms. The van der Waals surface area contributed by atoms with Gasteiger partial charge >= 0.3 is 5.97 Å². The van der Waals surface area contributed by atoms with Crippen molar-refractivity contribution >= 4 is 5.97 Å². The molecule has 3 nitrogen and oxygen atoms in total. The lowest BCUT2D eigenvalue weighted by molar-refractivity contribution is -0.429. The standard InChI is InChI=1S/C9H15NO2/c1-2-12-9(11)7-5-3-4-6-8(7)10/h3-4,7-8H,2,5-6,10H2,1H3/p+1/t7-,8+/m1/s1. The molecule has 1 rings (SSSR count). The zero-order valence-electron chi connectivity index (χ0n) is 7.45. The lowest BCUT2D eigenvalue weighted by atomic mass is 9.90. The number of allylic oxidation sites excluding steroid dienone is 1. The first-order valence-electron chi connectivity index (χ1n) is 4.40. The van der Waals surface area contributed by atoms with Gasteiger partial charge in [-0.3, -0.25) is 4.79 Å². The lowest BCUT2D eigenvalue weighted by Crippen LogP contribution is -2.66. The largest absolute Gasteiger partial charge is 0.466 e. The number of hydrogen-bond acceptors (Lipinski definition) is 2. The molecular formula is C9H16NO2+. The maximum absolute atomic E-state index is 11.3. The molecule has 0 fully saturated rings. The van der Waals surface area contributed by atoms with Crippen LogP contribution >= 0.6 is 0 Å². The molecular weight excluding hydrogens is 154 g/mol. The third-order valence-electron chi connectivity index (χ3n) is 2.15. The number of esters is 1. The van der Waals surface area contributed by atoms with Crippen molar-refractivity contribution in [1.29, 1.82) is 0 Å². The highest BCUT2D eigenvalue weighted by atomic mass is 16.5. The summed E-state index contributed by atoms with van der Waals surface area (Å²) in [6, 6.07) is 0.189. The highest BCUT2D eigenvalue weighted by Crippen LogP contribution is 2.17. The van der Waals surface area contributed by atoms with E-state index in [1.807, 2.05) is 13.0 Å². The van der Waals surface area contributed by atoms with Crippen LogP contribution in [0.25, 0.3) is 0 Å². The summed E-state index contributed by atoms with van der Waals surface area (Å²) < 4.78 is 4.94. The van der Waals surface area contributed by atoms with Gasteiger partial charge in [-0.15, -0.1) is 0 Å². The Bertz CT molecular complexity index is 189. The van der Waals surface area contributed by atoms with E-state index in [4.69, 9.17) is 4.74 Å². The number of rotatable bonds is 2. The van der Waals surface area contributed by atoms with E-state index in [-0.39, 0.29) is 17.9 Å². The van der Waals surface area contributed by atoms with Crippen molar-refractivity contribution in [2.24, 2.45) is 5.92 Å². The first kappa shape index (κ1) is 9.26. The predicted octanol–water partition coefficient (Wildman–Crippen LogP) is 0.126. The van der Waals surface area contributed by atoms with Crippen molar-refractivity contribution in [3.05, 3.63) is 12.2 Å². The van der Waals surface area contributed by atoms with E-state index in [9.17, 15) is 4.79 Å². The van der Waals surface area contributed by atoms with Crippen LogP contribution in [0.5, 0.6) is 0 Å².